The van der Waals surface area contributed by atoms with Gasteiger partial charge in [0.15, 0.2) is 0 Å². The summed E-state index contributed by atoms with van der Waals surface area (Å²) in [6, 6.07) is 19.9. The molecule has 4 aliphatic rings. The van der Waals surface area contributed by atoms with Crippen LogP contribution in [-0.2, 0) is 11.3 Å². The highest BCUT2D eigenvalue weighted by molar-refractivity contribution is 9.10. The first-order chi connectivity index (χ1) is 21.9. The molecule has 1 amide bonds. The molecule has 3 fully saturated rings. The van der Waals surface area contributed by atoms with Crippen LogP contribution in [0.5, 0.6) is 11.5 Å². The number of hydrogen-bond acceptors (Lipinski definition) is 6. The molecule has 3 aromatic rings. The zero-order valence-electron chi connectivity index (χ0n) is 25.8. The van der Waals surface area contributed by atoms with Gasteiger partial charge >= 0.3 is 0 Å². The number of carbonyl (C=O) groups excluding carboxylic acids is 1. The number of carbonyl (C=O) groups is 1. The van der Waals surface area contributed by atoms with E-state index in [2.05, 4.69) is 73.6 Å². The molecule has 0 unspecified atom stereocenters. The minimum Gasteiger partial charge on any atom is -0.496 e. The summed E-state index contributed by atoms with van der Waals surface area (Å²) in [5, 5.41) is 7.29. The number of fused-ring (bicyclic) bond motifs is 2. The number of benzene rings is 3. The van der Waals surface area contributed by atoms with Crippen molar-refractivity contribution in [1.82, 2.24) is 15.5 Å². The highest BCUT2D eigenvalue weighted by Crippen LogP contribution is 2.38. The first-order valence-corrected chi connectivity index (χ1v) is 16.8. The molecule has 1 saturated carbocycles. The maximum absolute atomic E-state index is 14.6. The van der Waals surface area contributed by atoms with Gasteiger partial charge < -0.3 is 29.9 Å². The summed E-state index contributed by atoms with van der Waals surface area (Å²) in [5.41, 5.74) is 6.51. The van der Waals surface area contributed by atoms with Crippen LogP contribution in [0.15, 0.2) is 70.7 Å². The predicted molar refractivity (Wildman–Crippen MR) is 178 cm³/mol. The molecule has 3 aliphatic heterocycles. The number of rotatable bonds is 9. The van der Waals surface area contributed by atoms with E-state index in [-0.39, 0.29) is 29.9 Å². The van der Waals surface area contributed by atoms with Crippen molar-refractivity contribution in [2.45, 2.75) is 63.4 Å². The van der Waals surface area contributed by atoms with Crippen LogP contribution < -0.4 is 25.0 Å². The van der Waals surface area contributed by atoms with Gasteiger partial charge in [-0.05, 0) is 94.7 Å². The Bertz CT molecular complexity index is 1610. The van der Waals surface area contributed by atoms with Gasteiger partial charge in [-0.1, -0.05) is 24.3 Å². The van der Waals surface area contributed by atoms with Gasteiger partial charge in [-0.3, -0.25) is 4.79 Å². The molecule has 7 nitrogen and oxygen atoms in total. The predicted octanol–water partition coefficient (Wildman–Crippen LogP) is 5.84. The molecule has 2 bridgehead atoms. The lowest BCUT2D eigenvalue weighted by atomic mass is 9.83. The second-order valence-corrected chi connectivity index (χ2v) is 13.5. The fourth-order valence-corrected chi connectivity index (χ4v) is 7.40. The van der Waals surface area contributed by atoms with Crippen LogP contribution >= 0.6 is 15.9 Å². The molecule has 2 saturated heterocycles. The second-order valence-electron chi connectivity index (χ2n) is 12.7. The molecule has 3 atom stereocenters. The van der Waals surface area contributed by atoms with Gasteiger partial charge in [0.1, 0.15) is 23.4 Å². The number of piperazine rings is 1. The second kappa shape index (κ2) is 12.8. The molecule has 236 valence electrons. The van der Waals surface area contributed by atoms with Crippen molar-refractivity contribution < 1.29 is 18.7 Å². The third kappa shape index (κ3) is 6.35. The maximum atomic E-state index is 14.6. The maximum Gasteiger partial charge on any atom is 0.252 e. The van der Waals surface area contributed by atoms with Crippen LogP contribution in [0.4, 0.5) is 10.1 Å². The van der Waals surface area contributed by atoms with Crippen molar-refractivity contribution in [3.8, 4) is 11.5 Å². The van der Waals surface area contributed by atoms with Gasteiger partial charge in [0.05, 0.1) is 24.2 Å². The lowest BCUT2D eigenvalue weighted by molar-refractivity contribution is -0.128. The zero-order chi connectivity index (χ0) is 31.1. The Labute approximate surface area is 272 Å². The average Bonchev–Trinajstić information content (AvgIpc) is 3.79. The van der Waals surface area contributed by atoms with E-state index in [1.54, 1.807) is 13.2 Å². The summed E-state index contributed by atoms with van der Waals surface area (Å²) in [6.45, 7) is 5.88. The SMILES string of the molecule is COc1cccc(CN(C(=O)C2=C(c3ccc(N4CC[C@@H](Oc5cc(F)ccc5Br)C4)cc3)C[C@@H]3CNC[C@H]2N3)C2CC2)c1C. The molecule has 2 N–H and O–H groups in total. The number of methoxy groups -OCH3 is 1. The summed E-state index contributed by atoms with van der Waals surface area (Å²) in [5.74, 6) is 1.22. The average molecular weight is 676 g/mol. The van der Waals surface area contributed by atoms with E-state index in [4.69, 9.17) is 9.47 Å². The molecule has 0 spiro atoms. The van der Waals surface area contributed by atoms with Crippen molar-refractivity contribution in [3.05, 3.63) is 93.2 Å². The minimum absolute atomic E-state index is 0.0207. The third-order valence-corrected chi connectivity index (χ3v) is 10.3. The highest BCUT2D eigenvalue weighted by Gasteiger charge is 2.41. The first kappa shape index (κ1) is 30.3. The standard InChI is InChI=1S/C36H40BrFN4O3/c1-22-24(4-3-5-33(22)44-2)20-42(28-11-12-28)36(43)35-30(17-26-18-39-19-32(35)40-26)23-6-9-27(10-7-23)41-15-14-29(21-41)45-34-16-25(38)8-13-31(34)37/h3-10,13,16,26,28-29,32,39-40H,11-12,14-15,17-21H2,1-2H3/t26-,29-,32-/m1/s1. The van der Waals surface area contributed by atoms with E-state index in [1.165, 1.54) is 12.1 Å². The third-order valence-electron chi connectivity index (χ3n) is 9.65. The van der Waals surface area contributed by atoms with E-state index in [0.717, 1.165) is 95.6 Å². The normalized spacial score (nSPS) is 22.8. The van der Waals surface area contributed by atoms with Crippen molar-refractivity contribution in [1.29, 1.82) is 0 Å². The molecular formula is C36H40BrFN4O3. The Morgan fingerprint density at radius 3 is 2.67 bits per heavy atom. The molecule has 3 aromatic carbocycles. The van der Waals surface area contributed by atoms with Crippen LogP contribution in [0, 0.1) is 12.7 Å². The summed E-state index contributed by atoms with van der Waals surface area (Å²) < 4.78 is 26.3. The molecule has 0 aromatic heterocycles. The van der Waals surface area contributed by atoms with Crippen LogP contribution in [0.25, 0.3) is 5.57 Å². The first-order valence-electron chi connectivity index (χ1n) is 16.0. The minimum atomic E-state index is -0.306. The monoisotopic (exact) mass is 674 g/mol. The number of hydrogen-bond donors (Lipinski definition) is 2. The Balaban J connectivity index is 1.13. The number of amides is 1. The van der Waals surface area contributed by atoms with E-state index >= 15 is 0 Å². The smallest absolute Gasteiger partial charge is 0.252 e. The van der Waals surface area contributed by atoms with Gasteiger partial charge in [-0.2, -0.15) is 0 Å². The van der Waals surface area contributed by atoms with Crippen molar-refractivity contribution in [2.75, 3.05) is 38.2 Å². The van der Waals surface area contributed by atoms with Crippen LogP contribution in [0.3, 0.4) is 0 Å². The quantitative estimate of drug-likeness (QED) is 0.297. The van der Waals surface area contributed by atoms with E-state index in [1.807, 2.05) is 12.1 Å². The zero-order valence-corrected chi connectivity index (χ0v) is 27.4. The van der Waals surface area contributed by atoms with Gasteiger partial charge in [-0.25, -0.2) is 4.39 Å². The summed E-state index contributed by atoms with van der Waals surface area (Å²) in [6.07, 6.45) is 3.74. The van der Waals surface area contributed by atoms with Crippen LogP contribution in [-0.4, -0.2) is 68.3 Å². The molecule has 1 aliphatic carbocycles. The molecular weight excluding hydrogens is 635 g/mol. The van der Waals surface area contributed by atoms with Gasteiger partial charge in [0.2, 0.25) is 0 Å². The molecule has 45 heavy (non-hydrogen) atoms. The summed E-state index contributed by atoms with van der Waals surface area (Å²) in [4.78, 5) is 19.0. The van der Waals surface area contributed by atoms with E-state index < -0.39 is 0 Å². The van der Waals surface area contributed by atoms with Gasteiger partial charge in [-0.15, -0.1) is 0 Å². The van der Waals surface area contributed by atoms with Gasteiger partial charge in [0.25, 0.3) is 5.91 Å². The topological polar surface area (TPSA) is 66.1 Å². The molecule has 7 rings (SSSR count). The molecule has 3 heterocycles. The Morgan fingerprint density at radius 2 is 1.89 bits per heavy atom. The lowest BCUT2D eigenvalue weighted by Crippen LogP contribution is -2.60. The van der Waals surface area contributed by atoms with Crippen molar-refractivity contribution in [2.24, 2.45) is 0 Å². The Hall–Kier alpha value is -3.40. The van der Waals surface area contributed by atoms with Crippen molar-refractivity contribution in [3.63, 3.8) is 0 Å². The van der Waals surface area contributed by atoms with E-state index in [0.29, 0.717) is 18.3 Å². The lowest BCUT2D eigenvalue weighted by Gasteiger charge is -2.41. The number of nitrogens with one attached hydrogen (secondary N) is 2. The van der Waals surface area contributed by atoms with Crippen LogP contribution in [0.1, 0.15) is 42.4 Å². The van der Waals surface area contributed by atoms with Crippen LogP contribution in [0.2, 0.25) is 0 Å². The number of ether oxygens (including phenoxy) is 2. The molecule has 0 radical (unpaired) electrons. The fourth-order valence-electron chi connectivity index (χ4n) is 7.06. The summed E-state index contributed by atoms with van der Waals surface area (Å²) in [7, 11) is 1.69. The number of nitrogens with zero attached hydrogens (tertiary/aromatic N) is 2. The molecule has 9 heteroatoms. The number of anilines is 1. The fraction of sp³-hybridized carbons (Fsp3) is 0.417. The van der Waals surface area contributed by atoms with E-state index in [9.17, 15) is 9.18 Å². The largest absolute Gasteiger partial charge is 0.496 e. The van der Waals surface area contributed by atoms with Gasteiger partial charge in [0, 0.05) is 62.0 Å². The Kier molecular flexibility index (Phi) is 8.59. The highest BCUT2D eigenvalue weighted by atomic mass is 79.9. The number of halogens is 2. The Morgan fingerprint density at radius 1 is 1.07 bits per heavy atom. The van der Waals surface area contributed by atoms with Crippen molar-refractivity contribution >= 4 is 33.1 Å². The summed E-state index contributed by atoms with van der Waals surface area (Å²) >= 11 is 3.47.